The molecule has 0 unspecified atom stereocenters. The Kier molecular flexibility index (Phi) is 3.10. The lowest BCUT2D eigenvalue weighted by atomic mass is 10.5. The first-order valence-corrected chi connectivity index (χ1v) is 7.71. The first-order chi connectivity index (χ1) is 5.67. The zero-order chi connectivity index (χ0) is 9.03. The van der Waals surface area contributed by atoms with Crippen molar-refractivity contribution in [2.75, 3.05) is 6.54 Å². The van der Waals surface area contributed by atoms with Crippen LogP contribution in [0.4, 0.5) is 0 Å². The van der Waals surface area contributed by atoms with Crippen LogP contribution in [-0.2, 0) is 0 Å². The number of rotatable bonds is 4. The van der Waals surface area contributed by atoms with Crippen LogP contribution in [0.2, 0.25) is 19.1 Å². The smallest absolute Gasteiger partial charge is 0.0906 e. The van der Waals surface area contributed by atoms with Crippen molar-refractivity contribution in [1.82, 2.24) is 0 Å². The SMILES string of the molecule is C[Si](C)(CCCN)C1=C=CC=C1. The summed E-state index contributed by atoms with van der Waals surface area (Å²) in [6.45, 7) is 5.58. The summed E-state index contributed by atoms with van der Waals surface area (Å²) in [5, 5.41) is 1.44. The van der Waals surface area contributed by atoms with Crippen molar-refractivity contribution in [2.45, 2.75) is 25.6 Å². The number of nitrogens with two attached hydrogens (primary N) is 1. The van der Waals surface area contributed by atoms with E-state index >= 15 is 0 Å². The summed E-state index contributed by atoms with van der Waals surface area (Å²) < 4.78 is 0. The van der Waals surface area contributed by atoms with Gasteiger partial charge in [0.2, 0.25) is 0 Å². The first-order valence-electron chi connectivity index (χ1n) is 4.51. The van der Waals surface area contributed by atoms with Crippen LogP contribution >= 0.6 is 0 Å². The van der Waals surface area contributed by atoms with Crippen molar-refractivity contribution in [3.8, 4) is 0 Å². The molecule has 2 N–H and O–H groups in total. The maximum Gasteiger partial charge on any atom is 0.0906 e. The molecule has 0 aliphatic heterocycles. The summed E-state index contributed by atoms with van der Waals surface area (Å²) in [7, 11) is -1.18. The highest BCUT2D eigenvalue weighted by molar-refractivity contribution is 6.84. The van der Waals surface area contributed by atoms with Gasteiger partial charge in [-0.25, -0.2) is 0 Å². The number of hydrogen-bond donors (Lipinski definition) is 1. The third kappa shape index (κ3) is 2.21. The highest BCUT2D eigenvalue weighted by Crippen LogP contribution is 2.23. The zero-order valence-corrected chi connectivity index (χ0v) is 8.93. The molecule has 12 heavy (non-hydrogen) atoms. The van der Waals surface area contributed by atoms with E-state index in [1.807, 2.05) is 6.08 Å². The van der Waals surface area contributed by atoms with Gasteiger partial charge in [-0.1, -0.05) is 31.3 Å². The predicted octanol–water partition coefficient (Wildman–Crippen LogP) is 2.23. The van der Waals surface area contributed by atoms with E-state index in [1.165, 1.54) is 11.2 Å². The molecule has 0 fully saturated rings. The zero-order valence-electron chi connectivity index (χ0n) is 7.93. The second-order valence-corrected chi connectivity index (χ2v) is 8.67. The molecule has 0 amide bonds. The fourth-order valence-electron chi connectivity index (χ4n) is 1.43. The summed E-state index contributed by atoms with van der Waals surface area (Å²) in [6.07, 6.45) is 7.43. The molecule has 0 radical (unpaired) electrons. The molecule has 0 saturated heterocycles. The second kappa shape index (κ2) is 3.90. The molecule has 0 aromatic carbocycles. The monoisotopic (exact) mass is 179 g/mol. The van der Waals surface area contributed by atoms with Gasteiger partial charge < -0.3 is 5.73 Å². The minimum absolute atomic E-state index is 0.817. The van der Waals surface area contributed by atoms with Crippen molar-refractivity contribution in [1.29, 1.82) is 0 Å². The van der Waals surface area contributed by atoms with Crippen molar-refractivity contribution >= 4 is 8.07 Å². The van der Waals surface area contributed by atoms with Gasteiger partial charge in [0.1, 0.15) is 0 Å². The fraction of sp³-hybridized carbons (Fsp3) is 0.500. The third-order valence-electron chi connectivity index (χ3n) is 2.33. The topological polar surface area (TPSA) is 26.0 Å². The Labute approximate surface area is 75.7 Å². The number of allylic oxidation sites excluding steroid dienone is 3. The molecule has 0 aromatic rings. The van der Waals surface area contributed by atoms with Gasteiger partial charge >= 0.3 is 0 Å². The molecular formula is C10H17NSi. The molecule has 0 bridgehead atoms. The van der Waals surface area contributed by atoms with Gasteiger partial charge in [-0.05, 0) is 24.2 Å². The molecule has 0 saturated carbocycles. The van der Waals surface area contributed by atoms with E-state index < -0.39 is 8.07 Å². The summed E-state index contributed by atoms with van der Waals surface area (Å²) >= 11 is 0. The van der Waals surface area contributed by atoms with Gasteiger partial charge in [-0.2, -0.15) is 0 Å². The van der Waals surface area contributed by atoms with E-state index in [2.05, 4.69) is 31.0 Å². The Hall–Kier alpha value is -0.563. The van der Waals surface area contributed by atoms with Crippen LogP contribution in [0.15, 0.2) is 29.2 Å². The molecule has 0 atom stereocenters. The largest absolute Gasteiger partial charge is 0.330 e. The van der Waals surface area contributed by atoms with Gasteiger partial charge in [0.15, 0.2) is 0 Å². The molecule has 0 heterocycles. The van der Waals surface area contributed by atoms with Crippen molar-refractivity contribution in [3.63, 3.8) is 0 Å². The van der Waals surface area contributed by atoms with E-state index in [-0.39, 0.29) is 0 Å². The minimum Gasteiger partial charge on any atom is -0.330 e. The Morgan fingerprint density at radius 3 is 2.75 bits per heavy atom. The van der Waals surface area contributed by atoms with Crippen LogP contribution < -0.4 is 5.73 Å². The summed E-state index contributed by atoms with van der Waals surface area (Å²) in [5.74, 6) is 0. The Morgan fingerprint density at radius 1 is 1.50 bits per heavy atom. The predicted molar refractivity (Wildman–Crippen MR) is 56.7 cm³/mol. The average molecular weight is 179 g/mol. The highest BCUT2D eigenvalue weighted by Gasteiger charge is 2.24. The van der Waals surface area contributed by atoms with Crippen LogP contribution in [-0.4, -0.2) is 14.6 Å². The van der Waals surface area contributed by atoms with Crippen LogP contribution in [0.25, 0.3) is 0 Å². The van der Waals surface area contributed by atoms with Gasteiger partial charge in [0.25, 0.3) is 0 Å². The molecular weight excluding hydrogens is 162 g/mol. The second-order valence-electron chi connectivity index (χ2n) is 3.86. The van der Waals surface area contributed by atoms with Crippen LogP contribution in [0, 0.1) is 0 Å². The van der Waals surface area contributed by atoms with Gasteiger partial charge in [0.05, 0.1) is 8.07 Å². The molecule has 1 nitrogen and oxygen atoms in total. The quantitative estimate of drug-likeness (QED) is 0.520. The summed E-state index contributed by atoms with van der Waals surface area (Å²) in [6, 6.07) is 1.28. The maximum atomic E-state index is 5.50. The minimum atomic E-state index is -1.18. The van der Waals surface area contributed by atoms with Crippen molar-refractivity contribution in [3.05, 3.63) is 29.2 Å². The lowest BCUT2D eigenvalue weighted by Gasteiger charge is -2.21. The van der Waals surface area contributed by atoms with Crippen LogP contribution in [0.1, 0.15) is 6.42 Å². The number of hydrogen-bond acceptors (Lipinski definition) is 1. The van der Waals surface area contributed by atoms with E-state index in [4.69, 9.17) is 5.73 Å². The third-order valence-corrected chi connectivity index (χ3v) is 5.71. The average Bonchev–Trinajstić information content (AvgIpc) is 2.53. The van der Waals surface area contributed by atoms with E-state index in [1.54, 1.807) is 0 Å². The molecule has 0 spiro atoms. The normalized spacial score (nSPS) is 15.4. The Balaban J connectivity index is 2.59. The highest BCUT2D eigenvalue weighted by atomic mass is 28.3. The Bertz CT molecular complexity index is 245. The fourth-order valence-corrected chi connectivity index (χ4v) is 3.81. The molecule has 66 valence electrons. The summed E-state index contributed by atoms with van der Waals surface area (Å²) in [4.78, 5) is 0. The van der Waals surface area contributed by atoms with Crippen LogP contribution in [0.3, 0.4) is 0 Å². The summed E-state index contributed by atoms with van der Waals surface area (Å²) in [5.41, 5.74) is 8.81. The van der Waals surface area contributed by atoms with Gasteiger partial charge in [-0.3, -0.25) is 0 Å². The van der Waals surface area contributed by atoms with Crippen molar-refractivity contribution < 1.29 is 0 Å². The van der Waals surface area contributed by atoms with Gasteiger partial charge in [0, 0.05) is 0 Å². The molecule has 1 aliphatic carbocycles. The molecule has 0 aromatic heterocycles. The Morgan fingerprint density at radius 2 is 2.25 bits per heavy atom. The lowest BCUT2D eigenvalue weighted by molar-refractivity contribution is 0.913. The molecule has 1 rings (SSSR count). The lowest BCUT2D eigenvalue weighted by Crippen LogP contribution is -2.28. The molecule has 1 aliphatic rings. The van der Waals surface area contributed by atoms with E-state index in [0.29, 0.717) is 0 Å². The van der Waals surface area contributed by atoms with E-state index in [9.17, 15) is 0 Å². The molecule has 2 heteroatoms. The standard InChI is InChI=1S/C10H17NSi/c1-12(2,9-5-8-11)10-6-3-4-7-10/h3-4,6H,5,8-9,11H2,1-2H3. The van der Waals surface area contributed by atoms with E-state index in [0.717, 1.165) is 13.0 Å². The maximum absolute atomic E-state index is 5.50. The first kappa shape index (κ1) is 9.52. The van der Waals surface area contributed by atoms with Gasteiger partial charge in [-0.15, -0.1) is 5.73 Å². The van der Waals surface area contributed by atoms with Crippen LogP contribution in [0.5, 0.6) is 0 Å². The van der Waals surface area contributed by atoms with Crippen molar-refractivity contribution in [2.24, 2.45) is 5.73 Å².